The molecule has 0 amide bonds. The molecule has 4 aromatic rings. The fraction of sp³-hybridized carbons (Fsp3) is 0.120. The van der Waals surface area contributed by atoms with Gasteiger partial charge in [0.05, 0.1) is 23.9 Å². The Labute approximate surface area is 194 Å². The first kappa shape index (κ1) is 22.4. The third-order valence-electron chi connectivity index (χ3n) is 5.28. The second kappa shape index (κ2) is 10.7. The van der Waals surface area contributed by atoms with Gasteiger partial charge >= 0.3 is 0 Å². The van der Waals surface area contributed by atoms with Crippen LogP contribution in [0, 0.1) is 11.3 Å². The van der Waals surface area contributed by atoms with Crippen molar-refractivity contribution in [2.75, 3.05) is 0 Å². The number of nitrogens with zero attached hydrogens (tertiary/aromatic N) is 4. The van der Waals surface area contributed by atoms with Gasteiger partial charge in [-0.25, -0.2) is 8.93 Å². The van der Waals surface area contributed by atoms with E-state index in [1.165, 1.54) is 0 Å². The van der Waals surface area contributed by atoms with Gasteiger partial charge in [0.2, 0.25) is 11.3 Å². The van der Waals surface area contributed by atoms with Crippen molar-refractivity contribution >= 4 is 11.3 Å². The molecule has 2 N–H and O–H groups in total. The van der Waals surface area contributed by atoms with Crippen LogP contribution in [0.15, 0.2) is 91.4 Å². The highest BCUT2D eigenvalue weighted by molar-refractivity contribution is 7.77. The van der Waals surface area contributed by atoms with E-state index in [0.717, 1.165) is 22.5 Å². The van der Waals surface area contributed by atoms with Crippen molar-refractivity contribution in [1.82, 2.24) is 19.7 Å². The number of hydrogen-bond donors (Lipinski definition) is 2. The number of aromatic nitrogens is 3. The largest absolute Gasteiger partial charge is 0.294 e. The number of benzene rings is 1. The quantitative estimate of drug-likeness (QED) is 0.389. The standard InChI is InChI=1S/C25H21N5O2S/c26-15-18-6-3-7-19(14-18)24(22-10-1-2-13-28-22)25(20-8-5-12-27-16-20)23-11-4-9-21(30-23)17-29-33(31)32/h1-14,16,24-25,29H,17H2,(H,31,32). The SMILES string of the molecule is N#Cc1cccc(C(c2ccccn2)C(c2cccnc2)c2cccc(CNS(=O)O)n2)c1. The van der Waals surface area contributed by atoms with E-state index < -0.39 is 11.3 Å². The Morgan fingerprint density at radius 2 is 1.73 bits per heavy atom. The molecule has 7 nitrogen and oxygen atoms in total. The van der Waals surface area contributed by atoms with Gasteiger partial charge in [0.25, 0.3) is 0 Å². The number of hydrogen-bond acceptors (Lipinski definition) is 5. The fourth-order valence-electron chi connectivity index (χ4n) is 3.89. The Kier molecular flexibility index (Phi) is 7.27. The van der Waals surface area contributed by atoms with Gasteiger partial charge in [0.15, 0.2) is 0 Å². The number of nitrogens with one attached hydrogen (secondary N) is 1. The van der Waals surface area contributed by atoms with Gasteiger partial charge in [-0.2, -0.15) is 5.26 Å². The molecule has 164 valence electrons. The van der Waals surface area contributed by atoms with E-state index in [-0.39, 0.29) is 18.4 Å². The minimum absolute atomic E-state index is 0.148. The van der Waals surface area contributed by atoms with Crippen molar-refractivity contribution in [3.8, 4) is 6.07 Å². The summed E-state index contributed by atoms with van der Waals surface area (Å²) in [6.07, 6.45) is 5.28. The zero-order valence-corrected chi connectivity index (χ0v) is 18.4. The lowest BCUT2D eigenvalue weighted by molar-refractivity contribution is 0.547. The van der Waals surface area contributed by atoms with Crippen molar-refractivity contribution < 1.29 is 8.76 Å². The third kappa shape index (κ3) is 5.54. The van der Waals surface area contributed by atoms with Crippen LogP contribution in [-0.2, 0) is 17.8 Å². The van der Waals surface area contributed by atoms with E-state index in [1.54, 1.807) is 24.5 Å². The molecule has 0 radical (unpaired) electrons. The number of rotatable bonds is 8. The molecule has 3 aromatic heterocycles. The van der Waals surface area contributed by atoms with E-state index in [0.29, 0.717) is 11.3 Å². The average Bonchev–Trinajstić information content (AvgIpc) is 2.87. The molecule has 0 aliphatic carbocycles. The third-order valence-corrected chi connectivity index (χ3v) is 5.67. The van der Waals surface area contributed by atoms with Crippen molar-refractivity contribution in [2.45, 2.75) is 18.4 Å². The minimum Gasteiger partial charge on any atom is -0.294 e. The highest BCUT2D eigenvalue weighted by Gasteiger charge is 2.30. The highest BCUT2D eigenvalue weighted by Crippen LogP contribution is 2.41. The first-order chi connectivity index (χ1) is 16.2. The van der Waals surface area contributed by atoms with E-state index >= 15 is 0 Å². The summed E-state index contributed by atoms with van der Waals surface area (Å²) in [7, 11) is 0. The Balaban J connectivity index is 1.90. The first-order valence-electron chi connectivity index (χ1n) is 10.3. The van der Waals surface area contributed by atoms with Crippen LogP contribution in [0.25, 0.3) is 0 Å². The molecule has 3 atom stereocenters. The van der Waals surface area contributed by atoms with E-state index in [9.17, 15) is 9.47 Å². The maximum Gasteiger partial charge on any atom is 0.232 e. The van der Waals surface area contributed by atoms with Crippen LogP contribution in [0.4, 0.5) is 0 Å². The zero-order valence-electron chi connectivity index (χ0n) is 17.6. The molecule has 33 heavy (non-hydrogen) atoms. The lowest BCUT2D eigenvalue weighted by Crippen LogP contribution is -2.20. The van der Waals surface area contributed by atoms with Crippen LogP contribution in [-0.4, -0.2) is 23.7 Å². The minimum atomic E-state index is -2.13. The average molecular weight is 456 g/mol. The van der Waals surface area contributed by atoms with Crippen molar-refractivity contribution in [2.24, 2.45) is 0 Å². The van der Waals surface area contributed by atoms with Crippen molar-refractivity contribution in [3.63, 3.8) is 0 Å². The van der Waals surface area contributed by atoms with Gasteiger partial charge in [-0.05, 0) is 53.6 Å². The molecule has 0 bridgehead atoms. The molecule has 8 heteroatoms. The summed E-state index contributed by atoms with van der Waals surface area (Å²) in [4.78, 5) is 13.8. The molecular formula is C25H21N5O2S. The molecule has 3 heterocycles. The molecule has 0 fully saturated rings. The summed E-state index contributed by atoms with van der Waals surface area (Å²) in [6, 6.07) is 25.0. The zero-order chi connectivity index (χ0) is 23.0. The van der Waals surface area contributed by atoms with Crippen molar-refractivity contribution in [1.29, 1.82) is 5.26 Å². The fourth-order valence-corrected chi connectivity index (χ4v) is 4.17. The lowest BCUT2D eigenvalue weighted by atomic mass is 9.77. The molecule has 0 saturated heterocycles. The summed E-state index contributed by atoms with van der Waals surface area (Å²) in [5.41, 5.74) is 4.68. The van der Waals surface area contributed by atoms with Crippen LogP contribution < -0.4 is 4.72 Å². The molecule has 0 aliphatic rings. The van der Waals surface area contributed by atoms with Crippen LogP contribution in [0.5, 0.6) is 0 Å². The maximum atomic E-state index is 11.1. The molecule has 0 saturated carbocycles. The molecule has 1 aromatic carbocycles. The summed E-state index contributed by atoms with van der Waals surface area (Å²) in [5.74, 6) is -0.506. The first-order valence-corrected chi connectivity index (χ1v) is 11.4. The molecule has 3 unspecified atom stereocenters. The van der Waals surface area contributed by atoms with Gasteiger partial charge < -0.3 is 0 Å². The Morgan fingerprint density at radius 1 is 0.939 bits per heavy atom. The maximum absolute atomic E-state index is 11.1. The van der Waals surface area contributed by atoms with E-state index in [1.807, 2.05) is 66.9 Å². The number of pyridine rings is 3. The molecule has 4 rings (SSSR count). The van der Waals surface area contributed by atoms with E-state index in [4.69, 9.17) is 9.54 Å². The summed E-state index contributed by atoms with van der Waals surface area (Å²) in [5, 5.41) is 9.49. The molecule has 0 aliphatic heterocycles. The van der Waals surface area contributed by atoms with Crippen LogP contribution >= 0.6 is 0 Å². The molecular weight excluding hydrogens is 434 g/mol. The highest BCUT2D eigenvalue weighted by atomic mass is 32.2. The number of nitriles is 1. The van der Waals surface area contributed by atoms with Crippen LogP contribution in [0.3, 0.4) is 0 Å². The lowest BCUT2D eigenvalue weighted by Gasteiger charge is -2.28. The smallest absolute Gasteiger partial charge is 0.232 e. The Bertz CT molecular complexity index is 1280. The summed E-state index contributed by atoms with van der Waals surface area (Å²) < 4.78 is 22.7. The van der Waals surface area contributed by atoms with Gasteiger partial charge in [-0.15, -0.1) is 0 Å². The summed E-state index contributed by atoms with van der Waals surface area (Å²) >= 11 is -2.13. The van der Waals surface area contributed by atoms with E-state index in [2.05, 4.69) is 20.8 Å². The second-order valence-electron chi connectivity index (χ2n) is 7.36. The van der Waals surface area contributed by atoms with Gasteiger partial charge in [0, 0.05) is 41.8 Å². The second-order valence-corrected chi connectivity index (χ2v) is 8.14. The van der Waals surface area contributed by atoms with Gasteiger partial charge in [0.1, 0.15) is 0 Å². The topological polar surface area (TPSA) is 112 Å². The van der Waals surface area contributed by atoms with Gasteiger partial charge in [-0.3, -0.25) is 19.5 Å². The normalized spacial score (nSPS) is 13.6. The van der Waals surface area contributed by atoms with Crippen LogP contribution in [0.1, 0.15) is 45.6 Å². The van der Waals surface area contributed by atoms with Gasteiger partial charge in [-0.1, -0.05) is 30.3 Å². The predicted octanol–water partition coefficient (Wildman–Crippen LogP) is 3.93. The summed E-state index contributed by atoms with van der Waals surface area (Å²) in [6.45, 7) is 0.148. The molecule has 0 spiro atoms. The Morgan fingerprint density at radius 3 is 2.45 bits per heavy atom. The predicted molar refractivity (Wildman–Crippen MR) is 125 cm³/mol. The monoisotopic (exact) mass is 455 g/mol. The Hall–Kier alpha value is -3.77. The van der Waals surface area contributed by atoms with Crippen LogP contribution in [0.2, 0.25) is 0 Å². The van der Waals surface area contributed by atoms with Crippen molar-refractivity contribution in [3.05, 3.63) is 125 Å².